The number of aliphatic hydroxyl groups is 1. The Balaban J connectivity index is 3.88. The summed E-state index contributed by atoms with van der Waals surface area (Å²) in [6.45, 7) is 13.1. The summed E-state index contributed by atoms with van der Waals surface area (Å²) in [6.07, 6.45) is -2.14. The van der Waals surface area contributed by atoms with Gasteiger partial charge in [-0.05, 0) is 47.3 Å². The molecule has 0 radical (unpaired) electrons. The van der Waals surface area contributed by atoms with Gasteiger partial charge in [0.15, 0.2) is 27.2 Å². The third kappa shape index (κ3) is 10.9. The lowest BCUT2D eigenvalue weighted by Gasteiger charge is -2.27. The fourth-order valence-electron chi connectivity index (χ4n) is 1.41. The van der Waals surface area contributed by atoms with Crippen molar-refractivity contribution < 1.29 is 23.7 Å². The van der Waals surface area contributed by atoms with Gasteiger partial charge in [-0.15, -0.1) is 0 Å². The Morgan fingerprint density at radius 3 is 1.59 bits per heavy atom. The second kappa shape index (κ2) is 7.45. The number of hydrogen-bond donors (Lipinski definition) is 1. The van der Waals surface area contributed by atoms with Crippen LogP contribution in [0.2, 0.25) is 19.6 Å². The normalized spacial score (nSPS) is 19.8. The number of hydrogen-bond acceptors (Lipinski definition) is 5. The average molecular weight is 266 g/mol. The van der Waals surface area contributed by atoms with Gasteiger partial charge in [0.2, 0.25) is 0 Å². The minimum atomic E-state index is -1.61. The summed E-state index contributed by atoms with van der Waals surface area (Å²) >= 11 is 0. The maximum atomic E-state index is 9.01. The van der Waals surface area contributed by atoms with E-state index in [2.05, 4.69) is 19.6 Å². The zero-order valence-electron chi connectivity index (χ0n) is 11.9. The van der Waals surface area contributed by atoms with Gasteiger partial charge in [0.05, 0.1) is 0 Å². The molecule has 0 saturated heterocycles. The number of ether oxygens (including phenoxy) is 3. The molecular formula is C11H26O5Si. The Hall–Kier alpha value is 0.0169. The molecule has 4 atom stereocenters. The molecule has 0 fully saturated rings. The van der Waals surface area contributed by atoms with E-state index in [4.69, 9.17) is 23.7 Å². The molecule has 0 aromatic rings. The van der Waals surface area contributed by atoms with Crippen LogP contribution in [-0.2, 0) is 18.6 Å². The Morgan fingerprint density at radius 1 is 0.765 bits per heavy atom. The largest absolute Gasteiger partial charge is 0.393 e. The molecule has 0 heterocycles. The summed E-state index contributed by atoms with van der Waals surface area (Å²) in [5.74, 6) is 0. The highest BCUT2D eigenvalue weighted by Gasteiger charge is 2.21. The summed E-state index contributed by atoms with van der Waals surface area (Å²) in [5.41, 5.74) is 0. The van der Waals surface area contributed by atoms with Crippen LogP contribution in [0.4, 0.5) is 0 Å². The van der Waals surface area contributed by atoms with Gasteiger partial charge >= 0.3 is 0 Å². The zero-order valence-corrected chi connectivity index (χ0v) is 12.9. The molecule has 4 unspecified atom stereocenters. The van der Waals surface area contributed by atoms with Crippen molar-refractivity contribution in [1.29, 1.82) is 0 Å². The standard InChI is InChI=1S/C11H26O5Si/c1-8(12)13-9(2)14-10(3)15-11(4)16-17(5,6)7/h8-12H,1-7H3. The fraction of sp³-hybridized carbons (Fsp3) is 1.00. The van der Waals surface area contributed by atoms with Gasteiger partial charge in [-0.1, -0.05) is 0 Å². The van der Waals surface area contributed by atoms with Crippen molar-refractivity contribution in [2.24, 2.45) is 0 Å². The van der Waals surface area contributed by atoms with Crippen LogP contribution in [-0.4, -0.2) is 38.6 Å². The number of rotatable bonds is 8. The van der Waals surface area contributed by atoms with Crippen molar-refractivity contribution in [1.82, 2.24) is 0 Å². The van der Waals surface area contributed by atoms with Crippen molar-refractivity contribution in [2.45, 2.75) is 72.5 Å². The quantitative estimate of drug-likeness (QED) is 0.539. The van der Waals surface area contributed by atoms with Crippen LogP contribution in [0.25, 0.3) is 0 Å². The Labute approximate surface area is 105 Å². The summed E-state index contributed by atoms with van der Waals surface area (Å²) in [5, 5.41) is 9.01. The second-order valence-electron chi connectivity index (χ2n) is 4.94. The Kier molecular flexibility index (Phi) is 7.46. The van der Waals surface area contributed by atoms with Crippen molar-refractivity contribution in [3.8, 4) is 0 Å². The molecule has 1 N–H and O–H groups in total. The molecule has 0 aromatic carbocycles. The lowest BCUT2D eigenvalue weighted by atomic mass is 10.6. The summed E-state index contributed by atoms with van der Waals surface area (Å²) in [4.78, 5) is 0. The molecule has 17 heavy (non-hydrogen) atoms. The van der Waals surface area contributed by atoms with E-state index < -0.39 is 27.2 Å². The van der Waals surface area contributed by atoms with Crippen LogP contribution in [0.15, 0.2) is 0 Å². The first kappa shape index (κ1) is 17.0. The van der Waals surface area contributed by atoms with E-state index in [0.717, 1.165) is 0 Å². The van der Waals surface area contributed by atoms with Gasteiger partial charge < -0.3 is 23.7 Å². The van der Waals surface area contributed by atoms with E-state index in [1.807, 2.05) is 6.92 Å². The van der Waals surface area contributed by atoms with Gasteiger partial charge in [-0.25, -0.2) is 0 Å². The zero-order chi connectivity index (χ0) is 13.6. The minimum absolute atomic E-state index is 0.310. The van der Waals surface area contributed by atoms with Gasteiger partial charge in [-0.3, -0.25) is 0 Å². The van der Waals surface area contributed by atoms with Crippen LogP contribution in [0.1, 0.15) is 27.7 Å². The van der Waals surface area contributed by atoms with Crippen LogP contribution in [0.5, 0.6) is 0 Å². The molecular weight excluding hydrogens is 240 g/mol. The van der Waals surface area contributed by atoms with Gasteiger partial charge in [0, 0.05) is 0 Å². The van der Waals surface area contributed by atoms with Crippen molar-refractivity contribution in [3.63, 3.8) is 0 Å². The second-order valence-corrected chi connectivity index (χ2v) is 9.40. The summed E-state index contributed by atoms with van der Waals surface area (Å²) in [6, 6.07) is 0. The first-order valence-corrected chi connectivity index (χ1v) is 9.33. The topological polar surface area (TPSA) is 57.2 Å². The minimum Gasteiger partial charge on any atom is -0.393 e. The van der Waals surface area contributed by atoms with E-state index >= 15 is 0 Å². The molecule has 0 saturated carbocycles. The first-order chi connectivity index (χ1) is 7.60. The third-order valence-corrected chi connectivity index (χ3v) is 2.71. The first-order valence-electron chi connectivity index (χ1n) is 5.92. The molecule has 0 aliphatic rings. The van der Waals surface area contributed by atoms with Gasteiger partial charge in [0.25, 0.3) is 0 Å². The Bertz CT molecular complexity index is 205. The SMILES string of the molecule is CC(O)OC(C)OC(C)OC(C)O[Si](C)(C)C. The maximum Gasteiger partial charge on any atom is 0.187 e. The molecule has 5 nitrogen and oxygen atoms in total. The average Bonchev–Trinajstić information content (AvgIpc) is 1.95. The Morgan fingerprint density at radius 2 is 1.18 bits per heavy atom. The molecule has 0 aliphatic carbocycles. The highest BCUT2D eigenvalue weighted by atomic mass is 28.4. The molecule has 0 aromatic heterocycles. The molecule has 0 rings (SSSR count). The van der Waals surface area contributed by atoms with Crippen LogP contribution >= 0.6 is 0 Å². The highest BCUT2D eigenvalue weighted by Crippen LogP contribution is 2.11. The predicted molar refractivity (Wildman–Crippen MR) is 67.8 cm³/mol. The molecule has 0 bridgehead atoms. The number of aliphatic hydroxyl groups excluding tert-OH is 1. The van der Waals surface area contributed by atoms with E-state index in [1.165, 1.54) is 6.92 Å². The highest BCUT2D eigenvalue weighted by molar-refractivity contribution is 6.69. The summed E-state index contributed by atoms with van der Waals surface area (Å²) in [7, 11) is -1.61. The maximum absolute atomic E-state index is 9.01. The van der Waals surface area contributed by atoms with Crippen LogP contribution in [0, 0.1) is 0 Å². The smallest absolute Gasteiger partial charge is 0.187 e. The molecule has 104 valence electrons. The molecule has 0 aliphatic heterocycles. The van der Waals surface area contributed by atoms with E-state index in [9.17, 15) is 0 Å². The molecule has 0 amide bonds. The van der Waals surface area contributed by atoms with Gasteiger partial charge in [0.1, 0.15) is 6.29 Å². The van der Waals surface area contributed by atoms with E-state index in [0.29, 0.717) is 0 Å². The summed E-state index contributed by atoms with van der Waals surface area (Å²) < 4.78 is 21.6. The molecule has 6 heteroatoms. The van der Waals surface area contributed by atoms with Crippen LogP contribution < -0.4 is 0 Å². The van der Waals surface area contributed by atoms with Crippen molar-refractivity contribution in [3.05, 3.63) is 0 Å². The van der Waals surface area contributed by atoms with Gasteiger partial charge in [-0.2, -0.15) is 0 Å². The third-order valence-electron chi connectivity index (χ3n) is 1.67. The predicted octanol–water partition coefficient (Wildman–Crippen LogP) is 2.26. The van der Waals surface area contributed by atoms with Crippen LogP contribution in [0.3, 0.4) is 0 Å². The lowest BCUT2D eigenvalue weighted by molar-refractivity contribution is -0.292. The fourth-order valence-corrected chi connectivity index (χ4v) is 2.46. The lowest BCUT2D eigenvalue weighted by Crippen LogP contribution is -2.35. The van der Waals surface area contributed by atoms with E-state index in [1.54, 1.807) is 13.8 Å². The van der Waals surface area contributed by atoms with Crippen molar-refractivity contribution >= 4 is 8.32 Å². The van der Waals surface area contributed by atoms with E-state index in [-0.39, 0.29) is 6.29 Å². The van der Waals surface area contributed by atoms with Crippen molar-refractivity contribution in [2.75, 3.05) is 0 Å². The monoisotopic (exact) mass is 266 g/mol. The molecule has 0 spiro atoms.